The normalized spacial score (nSPS) is 10.3. The summed E-state index contributed by atoms with van der Waals surface area (Å²) in [5.74, 6) is 1.21. The fourth-order valence-electron chi connectivity index (χ4n) is 2.92. The lowest BCUT2D eigenvalue weighted by Crippen LogP contribution is -2.11. The number of carbonyl (C=O) groups excluding carboxylic acids is 1. The largest absolute Gasteiger partial charge is 0.496 e. The van der Waals surface area contributed by atoms with Crippen molar-refractivity contribution in [2.24, 2.45) is 0 Å². The highest BCUT2D eigenvalue weighted by Crippen LogP contribution is 2.29. The number of carbonyl (C=O) groups is 1. The molecule has 2 N–H and O–H groups in total. The fraction of sp³-hybridized carbons (Fsp3) is 0.0435. The predicted octanol–water partition coefficient (Wildman–Crippen LogP) is 4.54. The number of benzene rings is 2. The number of hydrogen-bond acceptors (Lipinski definition) is 6. The van der Waals surface area contributed by atoms with Gasteiger partial charge in [-0.3, -0.25) is 9.78 Å². The van der Waals surface area contributed by atoms with Gasteiger partial charge in [0.25, 0.3) is 5.91 Å². The molecule has 4 aromatic rings. The second-order valence-corrected chi connectivity index (χ2v) is 6.38. The summed E-state index contributed by atoms with van der Waals surface area (Å²) in [7, 11) is 1.63. The van der Waals surface area contributed by atoms with Gasteiger partial charge in [-0.1, -0.05) is 12.1 Å². The van der Waals surface area contributed by atoms with Crippen molar-refractivity contribution in [2.45, 2.75) is 0 Å². The van der Waals surface area contributed by atoms with Gasteiger partial charge in [0.05, 0.1) is 12.8 Å². The van der Waals surface area contributed by atoms with Crippen LogP contribution < -0.4 is 15.4 Å². The third-order valence-corrected chi connectivity index (χ3v) is 4.41. The Morgan fingerprint density at radius 3 is 2.40 bits per heavy atom. The lowest BCUT2D eigenvalue weighted by Gasteiger charge is -2.10. The summed E-state index contributed by atoms with van der Waals surface area (Å²) < 4.78 is 5.42. The molecule has 2 aromatic carbocycles. The first-order valence-corrected chi connectivity index (χ1v) is 9.27. The van der Waals surface area contributed by atoms with Crippen molar-refractivity contribution in [1.29, 1.82) is 0 Å². The quantitative estimate of drug-likeness (QED) is 0.496. The number of hydrogen-bond donors (Lipinski definition) is 2. The zero-order chi connectivity index (χ0) is 20.8. The number of anilines is 3. The number of ether oxygens (including phenoxy) is 1. The summed E-state index contributed by atoms with van der Waals surface area (Å²) in [6, 6.07) is 20.3. The second-order valence-electron chi connectivity index (χ2n) is 6.38. The zero-order valence-corrected chi connectivity index (χ0v) is 16.2. The van der Waals surface area contributed by atoms with Gasteiger partial charge in [-0.05, 0) is 48.5 Å². The first-order valence-electron chi connectivity index (χ1n) is 9.27. The molecular formula is C23H19N5O2. The van der Waals surface area contributed by atoms with Crippen molar-refractivity contribution in [3.05, 3.63) is 91.0 Å². The van der Waals surface area contributed by atoms with Gasteiger partial charge in [0.2, 0.25) is 0 Å². The molecule has 0 spiro atoms. The molecule has 0 saturated carbocycles. The van der Waals surface area contributed by atoms with Crippen LogP contribution in [0.5, 0.6) is 5.75 Å². The van der Waals surface area contributed by atoms with Crippen molar-refractivity contribution >= 4 is 23.1 Å². The molecular weight excluding hydrogens is 378 g/mol. The van der Waals surface area contributed by atoms with Crippen LogP contribution in [0.25, 0.3) is 11.3 Å². The number of amides is 1. The van der Waals surface area contributed by atoms with E-state index in [9.17, 15) is 4.79 Å². The van der Waals surface area contributed by atoms with Crippen LogP contribution in [-0.4, -0.2) is 28.0 Å². The summed E-state index contributed by atoms with van der Waals surface area (Å²) in [5.41, 5.74) is 3.73. The molecule has 7 nitrogen and oxygen atoms in total. The number of pyridine rings is 1. The number of nitrogens with zero attached hydrogens (tertiary/aromatic N) is 3. The van der Waals surface area contributed by atoms with E-state index in [0.717, 1.165) is 22.7 Å². The Morgan fingerprint density at radius 1 is 0.900 bits per heavy atom. The van der Waals surface area contributed by atoms with Crippen molar-refractivity contribution in [3.63, 3.8) is 0 Å². The number of methoxy groups -OCH3 is 1. The fourth-order valence-corrected chi connectivity index (χ4v) is 2.92. The average Bonchev–Trinajstić information content (AvgIpc) is 2.81. The standard InChI is InChI=1S/C23H19N5O2/c1-30-21-5-3-2-4-19(21)20-14-22(26-15-25-20)27-17-6-8-18(9-7-17)28-23(29)16-10-12-24-13-11-16/h2-15H,1H3,(H,28,29)(H,25,26,27). The Kier molecular flexibility index (Phi) is 5.61. The third kappa shape index (κ3) is 4.41. The van der Waals surface area contributed by atoms with Gasteiger partial charge in [0.15, 0.2) is 0 Å². The average molecular weight is 397 g/mol. The van der Waals surface area contributed by atoms with Crippen molar-refractivity contribution in [3.8, 4) is 17.0 Å². The first-order chi connectivity index (χ1) is 14.7. The SMILES string of the molecule is COc1ccccc1-c1cc(Nc2ccc(NC(=O)c3ccncc3)cc2)ncn1. The molecule has 0 unspecified atom stereocenters. The van der Waals surface area contributed by atoms with Crippen molar-refractivity contribution in [2.75, 3.05) is 17.7 Å². The van der Waals surface area contributed by atoms with Gasteiger partial charge in [-0.15, -0.1) is 0 Å². The molecule has 4 rings (SSSR count). The minimum atomic E-state index is -0.185. The maximum atomic E-state index is 12.2. The number of aromatic nitrogens is 3. The van der Waals surface area contributed by atoms with Gasteiger partial charge in [0.1, 0.15) is 17.9 Å². The number of nitrogens with one attached hydrogen (secondary N) is 2. The second kappa shape index (κ2) is 8.83. The lowest BCUT2D eigenvalue weighted by molar-refractivity contribution is 0.102. The van der Waals surface area contributed by atoms with E-state index in [2.05, 4.69) is 25.6 Å². The van der Waals surface area contributed by atoms with Gasteiger partial charge in [0, 0.05) is 41.0 Å². The van der Waals surface area contributed by atoms with Crippen LogP contribution in [0.15, 0.2) is 85.5 Å². The van der Waals surface area contributed by atoms with Crippen LogP contribution in [-0.2, 0) is 0 Å². The van der Waals surface area contributed by atoms with Crippen LogP contribution in [0, 0.1) is 0 Å². The molecule has 148 valence electrons. The molecule has 0 aliphatic heterocycles. The van der Waals surface area contributed by atoms with Crippen molar-refractivity contribution < 1.29 is 9.53 Å². The molecule has 0 saturated heterocycles. The van der Waals surface area contributed by atoms with E-state index < -0.39 is 0 Å². The van der Waals surface area contributed by atoms with Crippen LogP contribution in [0.3, 0.4) is 0 Å². The topological polar surface area (TPSA) is 89.0 Å². The Morgan fingerprint density at radius 2 is 1.63 bits per heavy atom. The molecule has 1 amide bonds. The molecule has 2 heterocycles. The summed E-state index contributed by atoms with van der Waals surface area (Å²) >= 11 is 0. The molecule has 0 fully saturated rings. The van der Waals surface area contributed by atoms with E-state index in [1.165, 1.54) is 6.33 Å². The maximum Gasteiger partial charge on any atom is 0.255 e. The third-order valence-electron chi connectivity index (χ3n) is 4.41. The molecule has 7 heteroatoms. The molecule has 0 atom stereocenters. The molecule has 0 bridgehead atoms. The Labute approximate surface area is 173 Å². The lowest BCUT2D eigenvalue weighted by atomic mass is 10.1. The van der Waals surface area contributed by atoms with Gasteiger partial charge >= 0.3 is 0 Å². The van der Waals surface area contributed by atoms with Crippen LogP contribution in [0.4, 0.5) is 17.2 Å². The highest BCUT2D eigenvalue weighted by molar-refractivity contribution is 6.04. The van der Waals surface area contributed by atoms with E-state index >= 15 is 0 Å². The molecule has 0 radical (unpaired) electrons. The summed E-state index contributed by atoms with van der Waals surface area (Å²) in [4.78, 5) is 24.8. The highest BCUT2D eigenvalue weighted by Gasteiger charge is 2.08. The van der Waals surface area contributed by atoms with E-state index in [-0.39, 0.29) is 5.91 Å². The Bertz CT molecular complexity index is 1150. The first kappa shape index (κ1) is 19.1. The van der Waals surface area contributed by atoms with Gasteiger partial charge in [-0.25, -0.2) is 9.97 Å². The summed E-state index contributed by atoms with van der Waals surface area (Å²) in [6.45, 7) is 0. The van der Waals surface area contributed by atoms with E-state index in [0.29, 0.717) is 17.1 Å². The molecule has 0 aliphatic rings. The minimum Gasteiger partial charge on any atom is -0.496 e. The minimum absolute atomic E-state index is 0.185. The molecule has 0 aliphatic carbocycles. The van der Waals surface area contributed by atoms with Gasteiger partial charge < -0.3 is 15.4 Å². The summed E-state index contributed by atoms with van der Waals surface area (Å²) in [6.07, 6.45) is 4.68. The Hall–Kier alpha value is -4.26. The molecule has 2 aromatic heterocycles. The molecule has 30 heavy (non-hydrogen) atoms. The maximum absolute atomic E-state index is 12.2. The number of rotatable bonds is 6. The van der Waals surface area contributed by atoms with Crippen LogP contribution in [0.1, 0.15) is 10.4 Å². The highest BCUT2D eigenvalue weighted by atomic mass is 16.5. The smallest absolute Gasteiger partial charge is 0.255 e. The van der Waals surface area contributed by atoms with Crippen LogP contribution >= 0.6 is 0 Å². The van der Waals surface area contributed by atoms with Crippen molar-refractivity contribution in [1.82, 2.24) is 15.0 Å². The van der Waals surface area contributed by atoms with E-state index in [1.54, 1.807) is 31.6 Å². The van der Waals surface area contributed by atoms with E-state index in [4.69, 9.17) is 4.74 Å². The van der Waals surface area contributed by atoms with Gasteiger partial charge in [-0.2, -0.15) is 0 Å². The Balaban J connectivity index is 1.47. The zero-order valence-electron chi connectivity index (χ0n) is 16.2. The van der Waals surface area contributed by atoms with E-state index in [1.807, 2.05) is 54.6 Å². The van der Waals surface area contributed by atoms with Crippen LogP contribution in [0.2, 0.25) is 0 Å². The monoisotopic (exact) mass is 397 g/mol. The summed E-state index contributed by atoms with van der Waals surface area (Å²) in [5, 5.41) is 6.11. The number of para-hydroxylation sites is 1. The predicted molar refractivity (Wildman–Crippen MR) is 116 cm³/mol.